The first-order chi connectivity index (χ1) is 7.79. The zero-order chi connectivity index (χ0) is 11.4. The summed E-state index contributed by atoms with van der Waals surface area (Å²) in [7, 11) is 1.54. The molecule has 0 radical (unpaired) electrons. The molecule has 0 saturated heterocycles. The summed E-state index contributed by atoms with van der Waals surface area (Å²) < 4.78 is 4.91. The van der Waals surface area contributed by atoms with Gasteiger partial charge in [0.1, 0.15) is 18.8 Å². The van der Waals surface area contributed by atoms with Crippen LogP contribution in [0.5, 0.6) is 0 Å². The lowest BCUT2D eigenvalue weighted by molar-refractivity contribution is 0.177. The van der Waals surface area contributed by atoms with Gasteiger partial charge in [-0.2, -0.15) is 0 Å². The smallest absolute Gasteiger partial charge is 0.251 e. The van der Waals surface area contributed by atoms with Crippen LogP contribution in [0.25, 0.3) is 11.3 Å². The van der Waals surface area contributed by atoms with Crippen molar-refractivity contribution < 1.29 is 4.74 Å². The van der Waals surface area contributed by atoms with Crippen molar-refractivity contribution in [3.8, 4) is 11.3 Å². The average molecular weight is 218 g/mol. The Morgan fingerprint density at radius 2 is 2.12 bits per heavy atom. The number of hydrogen-bond acceptors (Lipinski definition) is 5. The van der Waals surface area contributed by atoms with Crippen LogP contribution in [0, 0.1) is 0 Å². The minimum absolute atomic E-state index is 0.221. The number of ether oxygens (including phenoxy) is 1. The van der Waals surface area contributed by atoms with Crippen molar-refractivity contribution in [2.45, 2.75) is 6.61 Å². The highest BCUT2D eigenvalue weighted by molar-refractivity contribution is 5.55. The number of nitrogens with zero attached hydrogens (tertiary/aromatic N) is 3. The quantitative estimate of drug-likeness (QED) is 0.805. The van der Waals surface area contributed by atoms with Crippen molar-refractivity contribution in [2.75, 3.05) is 7.11 Å². The zero-order valence-electron chi connectivity index (χ0n) is 8.67. The lowest BCUT2D eigenvalue weighted by Gasteiger charge is -2.02. The number of H-pyrrole nitrogens is 1. The number of hydrogen-bond donors (Lipinski definition) is 1. The van der Waals surface area contributed by atoms with Gasteiger partial charge >= 0.3 is 0 Å². The molecule has 6 heteroatoms. The first-order valence-corrected chi connectivity index (χ1v) is 4.64. The van der Waals surface area contributed by atoms with Crippen LogP contribution in [0.3, 0.4) is 0 Å². The van der Waals surface area contributed by atoms with E-state index in [1.54, 1.807) is 12.4 Å². The number of rotatable bonds is 3. The van der Waals surface area contributed by atoms with E-state index in [9.17, 15) is 4.79 Å². The van der Waals surface area contributed by atoms with E-state index in [0.29, 0.717) is 17.1 Å². The predicted molar refractivity (Wildman–Crippen MR) is 56.6 cm³/mol. The van der Waals surface area contributed by atoms with Gasteiger partial charge in [-0.05, 0) is 0 Å². The monoisotopic (exact) mass is 218 g/mol. The normalized spacial score (nSPS) is 10.3. The summed E-state index contributed by atoms with van der Waals surface area (Å²) in [5.74, 6) is 0.480. The molecule has 0 aromatic carbocycles. The Hall–Kier alpha value is -2.08. The second kappa shape index (κ2) is 4.63. The van der Waals surface area contributed by atoms with Gasteiger partial charge in [0.25, 0.3) is 5.56 Å². The van der Waals surface area contributed by atoms with Crippen molar-refractivity contribution in [1.29, 1.82) is 0 Å². The molecule has 0 atom stereocenters. The molecular weight excluding hydrogens is 208 g/mol. The molecule has 0 saturated carbocycles. The third-order valence-electron chi connectivity index (χ3n) is 1.93. The maximum absolute atomic E-state index is 11.4. The van der Waals surface area contributed by atoms with Crippen molar-refractivity contribution >= 4 is 0 Å². The molecular formula is C10H10N4O2. The average Bonchev–Trinajstić information content (AvgIpc) is 2.30. The van der Waals surface area contributed by atoms with E-state index in [2.05, 4.69) is 19.9 Å². The second-order valence-corrected chi connectivity index (χ2v) is 3.14. The van der Waals surface area contributed by atoms with Crippen LogP contribution in [-0.2, 0) is 11.3 Å². The second-order valence-electron chi connectivity index (χ2n) is 3.14. The van der Waals surface area contributed by atoms with Crippen molar-refractivity contribution in [3.05, 3.63) is 41.0 Å². The molecule has 0 fully saturated rings. The fraction of sp³-hybridized carbons (Fsp3) is 0.200. The molecule has 2 aromatic rings. The van der Waals surface area contributed by atoms with Crippen LogP contribution in [-0.4, -0.2) is 27.0 Å². The molecule has 1 N–H and O–H groups in total. The van der Waals surface area contributed by atoms with Gasteiger partial charge in [-0.15, -0.1) is 0 Å². The lowest BCUT2D eigenvalue weighted by atomic mass is 10.2. The molecule has 0 aliphatic rings. The number of aromatic nitrogens is 4. The Kier molecular flexibility index (Phi) is 3.02. The minimum Gasteiger partial charge on any atom is -0.377 e. The van der Waals surface area contributed by atoms with E-state index in [1.807, 2.05) is 0 Å². The van der Waals surface area contributed by atoms with Crippen molar-refractivity contribution in [3.63, 3.8) is 0 Å². The maximum Gasteiger partial charge on any atom is 0.251 e. The Bertz CT molecular complexity index is 524. The van der Waals surface area contributed by atoms with Gasteiger partial charge in [0.2, 0.25) is 0 Å². The molecule has 0 spiro atoms. The minimum atomic E-state index is -0.221. The highest BCUT2D eigenvalue weighted by Gasteiger charge is 2.03. The number of nitrogens with one attached hydrogen (secondary N) is 1. The molecule has 2 heterocycles. The standard InChI is InChI=1S/C10H10N4O2/c1-16-5-9-13-8(2-10(15)14-9)7-3-11-6-12-4-7/h2-4,6H,5H2,1H3,(H,13,14,15). The summed E-state index contributed by atoms with van der Waals surface area (Å²) in [6, 6.07) is 1.40. The van der Waals surface area contributed by atoms with E-state index < -0.39 is 0 Å². The molecule has 2 aromatic heterocycles. The van der Waals surface area contributed by atoms with Gasteiger partial charge in [0.05, 0.1) is 5.69 Å². The highest BCUT2D eigenvalue weighted by Crippen LogP contribution is 2.11. The van der Waals surface area contributed by atoms with E-state index in [1.165, 1.54) is 19.5 Å². The van der Waals surface area contributed by atoms with E-state index in [-0.39, 0.29) is 12.2 Å². The summed E-state index contributed by atoms with van der Waals surface area (Å²) in [4.78, 5) is 25.9. The molecule has 0 aliphatic carbocycles. The molecule has 0 aliphatic heterocycles. The largest absolute Gasteiger partial charge is 0.377 e. The molecule has 6 nitrogen and oxygen atoms in total. The fourth-order valence-electron chi connectivity index (χ4n) is 1.29. The Morgan fingerprint density at radius 1 is 1.38 bits per heavy atom. The third-order valence-corrected chi connectivity index (χ3v) is 1.93. The van der Waals surface area contributed by atoms with Crippen molar-refractivity contribution in [1.82, 2.24) is 19.9 Å². The SMILES string of the molecule is COCc1nc(-c2cncnc2)cc(=O)[nH]1. The van der Waals surface area contributed by atoms with Crippen LogP contribution in [0.4, 0.5) is 0 Å². The fourth-order valence-corrected chi connectivity index (χ4v) is 1.29. The van der Waals surface area contributed by atoms with Gasteiger partial charge in [0, 0.05) is 31.1 Å². The van der Waals surface area contributed by atoms with Crippen LogP contribution in [0.15, 0.2) is 29.6 Å². The summed E-state index contributed by atoms with van der Waals surface area (Å²) in [6.45, 7) is 0.261. The lowest BCUT2D eigenvalue weighted by Crippen LogP contribution is -2.11. The van der Waals surface area contributed by atoms with Crippen LogP contribution in [0.1, 0.15) is 5.82 Å². The Balaban J connectivity index is 2.45. The molecule has 82 valence electrons. The molecule has 2 rings (SSSR count). The predicted octanol–water partition coefficient (Wildman–Crippen LogP) is 0.373. The van der Waals surface area contributed by atoms with Gasteiger partial charge in [-0.25, -0.2) is 15.0 Å². The third kappa shape index (κ3) is 2.29. The highest BCUT2D eigenvalue weighted by atomic mass is 16.5. The first kappa shape index (κ1) is 10.4. The molecule has 0 unspecified atom stereocenters. The zero-order valence-corrected chi connectivity index (χ0v) is 8.67. The number of methoxy groups -OCH3 is 1. The van der Waals surface area contributed by atoms with E-state index in [0.717, 1.165) is 0 Å². The first-order valence-electron chi connectivity index (χ1n) is 4.64. The molecule has 0 amide bonds. The van der Waals surface area contributed by atoms with E-state index >= 15 is 0 Å². The summed E-state index contributed by atoms with van der Waals surface area (Å²) in [5.41, 5.74) is 1.02. The number of aromatic amines is 1. The summed E-state index contributed by atoms with van der Waals surface area (Å²) in [5, 5.41) is 0. The topological polar surface area (TPSA) is 80.8 Å². The van der Waals surface area contributed by atoms with Gasteiger partial charge < -0.3 is 9.72 Å². The van der Waals surface area contributed by atoms with Crippen molar-refractivity contribution in [2.24, 2.45) is 0 Å². The molecule has 16 heavy (non-hydrogen) atoms. The van der Waals surface area contributed by atoms with Crippen LogP contribution in [0.2, 0.25) is 0 Å². The van der Waals surface area contributed by atoms with Crippen LogP contribution < -0.4 is 5.56 Å². The van der Waals surface area contributed by atoms with E-state index in [4.69, 9.17) is 4.74 Å². The van der Waals surface area contributed by atoms with Crippen LogP contribution >= 0.6 is 0 Å². The Labute approximate surface area is 91.4 Å². The maximum atomic E-state index is 11.4. The van der Waals surface area contributed by atoms with Gasteiger partial charge in [-0.3, -0.25) is 4.79 Å². The summed E-state index contributed by atoms with van der Waals surface area (Å²) in [6.07, 6.45) is 4.63. The van der Waals surface area contributed by atoms with Gasteiger partial charge in [-0.1, -0.05) is 0 Å². The summed E-state index contributed by atoms with van der Waals surface area (Å²) >= 11 is 0. The molecule has 0 bridgehead atoms. The Morgan fingerprint density at radius 3 is 2.81 bits per heavy atom. The van der Waals surface area contributed by atoms with Gasteiger partial charge in [0.15, 0.2) is 0 Å².